The van der Waals surface area contributed by atoms with Crippen molar-refractivity contribution in [3.63, 3.8) is 0 Å². The summed E-state index contributed by atoms with van der Waals surface area (Å²) < 4.78 is 0. The molecule has 0 aliphatic rings. The van der Waals surface area contributed by atoms with Crippen LogP contribution < -0.4 is 16.4 Å². The third-order valence-corrected chi connectivity index (χ3v) is 2.57. The highest BCUT2D eigenvalue weighted by Gasteiger charge is 2.04. The number of aromatic nitrogens is 1. The lowest BCUT2D eigenvalue weighted by molar-refractivity contribution is -0.118. The fourth-order valence-corrected chi connectivity index (χ4v) is 1.63. The molecule has 1 heterocycles. The lowest BCUT2D eigenvalue weighted by atomic mass is 10.1. The van der Waals surface area contributed by atoms with Crippen LogP contribution in [0.5, 0.6) is 0 Å². The molecule has 0 aliphatic carbocycles. The van der Waals surface area contributed by atoms with E-state index in [1.54, 1.807) is 25.5 Å². The van der Waals surface area contributed by atoms with Crippen molar-refractivity contribution in [3.05, 3.63) is 30.6 Å². The van der Waals surface area contributed by atoms with Gasteiger partial charge in [0, 0.05) is 41.6 Å². The number of nitrogens with zero attached hydrogens (tertiary/aromatic N) is 1. The van der Waals surface area contributed by atoms with E-state index in [4.69, 9.17) is 5.73 Å². The molecule has 0 unspecified atom stereocenters. The van der Waals surface area contributed by atoms with Gasteiger partial charge < -0.3 is 16.4 Å². The second-order valence-electron chi connectivity index (χ2n) is 3.65. The number of amides is 1. The summed E-state index contributed by atoms with van der Waals surface area (Å²) in [6.07, 6.45) is 3.42. The van der Waals surface area contributed by atoms with E-state index in [0.29, 0.717) is 5.69 Å². The highest BCUT2D eigenvalue weighted by molar-refractivity contribution is 6.01. The van der Waals surface area contributed by atoms with Crippen molar-refractivity contribution in [2.24, 2.45) is 0 Å². The average molecular weight is 230 g/mol. The molecule has 0 fully saturated rings. The van der Waals surface area contributed by atoms with E-state index >= 15 is 0 Å². The summed E-state index contributed by atoms with van der Waals surface area (Å²) in [5, 5.41) is 7.47. The molecule has 2 rings (SSSR count). The summed E-state index contributed by atoms with van der Waals surface area (Å²) >= 11 is 0. The molecule has 1 aromatic carbocycles. The minimum atomic E-state index is -0.0657. The number of hydrogen-bond acceptors (Lipinski definition) is 4. The standard InChI is InChI=1S/C12H14N4O/c1-14-12(17)7-16-11-3-2-10(13)9-6-15-5-4-8(9)11/h2-6,16H,7,13H2,1H3,(H,14,17). The summed E-state index contributed by atoms with van der Waals surface area (Å²) in [5.74, 6) is -0.0657. The Morgan fingerprint density at radius 2 is 2.18 bits per heavy atom. The highest BCUT2D eigenvalue weighted by atomic mass is 16.1. The number of nitrogens with one attached hydrogen (secondary N) is 2. The zero-order valence-corrected chi connectivity index (χ0v) is 9.53. The SMILES string of the molecule is CNC(=O)CNc1ccc(N)c2cnccc12. The molecular weight excluding hydrogens is 216 g/mol. The number of nitrogens with two attached hydrogens (primary N) is 1. The molecule has 88 valence electrons. The van der Waals surface area contributed by atoms with E-state index in [1.165, 1.54) is 0 Å². The summed E-state index contributed by atoms with van der Waals surface area (Å²) in [5.41, 5.74) is 7.41. The monoisotopic (exact) mass is 230 g/mol. The first kappa shape index (κ1) is 11.2. The lowest BCUT2D eigenvalue weighted by Gasteiger charge is -2.10. The van der Waals surface area contributed by atoms with Gasteiger partial charge in [0.25, 0.3) is 0 Å². The summed E-state index contributed by atoms with van der Waals surface area (Å²) in [7, 11) is 1.61. The van der Waals surface area contributed by atoms with Gasteiger partial charge in [-0.3, -0.25) is 9.78 Å². The maximum absolute atomic E-state index is 11.2. The van der Waals surface area contributed by atoms with Gasteiger partial charge in [0.2, 0.25) is 5.91 Å². The van der Waals surface area contributed by atoms with Crippen LogP contribution in [0.2, 0.25) is 0 Å². The van der Waals surface area contributed by atoms with Gasteiger partial charge in [0.15, 0.2) is 0 Å². The first-order valence-electron chi connectivity index (χ1n) is 5.29. The van der Waals surface area contributed by atoms with Gasteiger partial charge in [-0.05, 0) is 18.2 Å². The third kappa shape index (κ3) is 2.28. The largest absolute Gasteiger partial charge is 0.398 e. The smallest absolute Gasteiger partial charge is 0.239 e. The molecule has 0 radical (unpaired) electrons. The van der Waals surface area contributed by atoms with Gasteiger partial charge >= 0.3 is 0 Å². The highest BCUT2D eigenvalue weighted by Crippen LogP contribution is 2.27. The molecule has 5 nitrogen and oxygen atoms in total. The van der Waals surface area contributed by atoms with Crippen LogP contribution in [0.25, 0.3) is 10.8 Å². The van der Waals surface area contributed by atoms with Crippen LogP contribution >= 0.6 is 0 Å². The Kier molecular flexibility index (Phi) is 3.09. The molecule has 17 heavy (non-hydrogen) atoms. The molecule has 0 atom stereocenters. The van der Waals surface area contributed by atoms with Crippen LogP contribution in [0, 0.1) is 0 Å². The Bertz CT molecular complexity index is 553. The van der Waals surface area contributed by atoms with Crippen molar-refractivity contribution in [1.29, 1.82) is 0 Å². The number of nitrogen functional groups attached to an aromatic ring is 1. The first-order chi connectivity index (χ1) is 8.22. The van der Waals surface area contributed by atoms with E-state index in [9.17, 15) is 4.79 Å². The Balaban J connectivity index is 2.35. The average Bonchev–Trinajstić information content (AvgIpc) is 2.38. The van der Waals surface area contributed by atoms with Crippen LogP contribution in [0.1, 0.15) is 0 Å². The lowest BCUT2D eigenvalue weighted by Crippen LogP contribution is -2.26. The van der Waals surface area contributed by atoms with Crippen LogP contribution in [-0.2, 0) is 4.79 Å². The van der Waals surface area contributed by atoms with Crippen LogP contribution in [-0.4, -0.2) is 24.5 Å². The Hall–Kier alpha value is -2.30. The van der Waals surface area contributed by atoms with Gasteiger partial charge in [-0.15, -0.1) is 0 Å². The minimum Gasteiger partial charge on any atom is -0.398 e. The predicted molar refractivity (Wildman–Crippen MR) is 68.7 cm³/mol. The van der Waals surface area contributed by atoms with Gasteiger partial charge in [0.05, 0.1) is 6.54 Å². The number of hydrogen-bond donors (Lipinski definition) is 3. The Morgan fingerprint density at radius 1 is 1.35 bits per heavy atom. The van der Waals surface area contributed by atoms with E-state index in [-0.39, 0.29) is 12.5 Å². The molecule has 0 aliphatic heterocycles. The normalized spacial score (nSPS) is 10.2. The number of carbonyl (C=O) groups is 1. The summed E-state index contributed by atoms with van der Waals surface area (Å²) in [6, 6.07) is 5.54. The van der Waals surface area contributed by atoms with Crippen molar-refractivity contribution >= 4 is 28.1 Å². The minimum absolute atomic E-state index is 0.0657. The Labute approximate surface area is 99.0 Å². The number of fused-ring (bicyclic) bond motifs is 1. The maximum atomic E-state index is 11.2. The molecule has 1 amide bonds. The van der Waals surface area contributed by atoms with Gasteiger partial charge in [0.1, 0.15) is 0 Å². The molecular formula is C12H14N4O. The van der Waals surface area contributed by atoms with E-state index < -0.39 is 0 Å². The first-order valence-corrected chi connectivity index (χ1v) is 5.29. The quantitative estimate of drug-likeness (QED) is 0.686. The second-order valence-corrected chi connectivity index (χ2v) is 3.65. The van der Waals surface area contributed by atoms with Crippen molar-refractivity contribution in [1.82, 2.24) is 10.3 Å². The molecule has 0 spiro atoms. The molecule has 5 heteroatoms. The summed E-state index contributed by atoms with van der Waals surface area (Å²) in [6.45, 7) is 0.234. The predicted octanol–water partition coefficient (Wildman–Crippen LogP) is 0.975. The molecule has 0 bridgehead atoms. The maximum Gasteiger partial charge on any atom is 0.239 e. The topological polar surface area (TPSA) is 80.0 Å². The van der Waals surface area contributed by atoms with E-state index in [1.807, 2.05) is 12.1 Å². The summed E-state index contributed by atoms with van der Waals surface area (Å²) in [4.78, 5) is 15.2. The van der Waals surface area contributed by atoms with Crippen molar-refractivity contribution in [2.45, 2.75) is 0 Å². The van der Waals surface area contributed by atoms with Gasteiger partial charge in [-0.25, -0.2) is 0 Å². The number of likely N-dealkylation sites (N-methyl/N-ethyl adjacent to an activating group) is 1. The zero-order chi connectivity index (χ0) is 12.3. The zero-order valence-electron chi connectivity index (χ0n) is 9.53. The fourth-order valence-electron chi connectivity index (χ4n) is 1.63. The fraction of sp³-hybridized carbons (Fsp3) is 0.167. The van der Waals surface area contributed by atoms with Crippen molar-refractivity contribution < 1.29 is 4.79 Å². The van der Waals surface area contributed by atoms with E-state index in [0.717, 1.165) is 16.5 Å². The third-order valence-electron chi connectivity index (χ3n) is 2.57. The Morgan fingerprint density at radius 3 is 2.94 bits per heavy atom. The number of rotatable bonds is 3. The van der Waals surface area contributed by atoms with Gasteiger partial charge in [-0.1, -0.05) is 0 Å². The van der Waals surface area contributed by atoms with Crippen molar-refractivity contribution in [2.75, 3.05) is 24.6 Å². The molecule has 0 saturated heterocycles. The molecule has 0 saturated carbocycles. The van der Waals surface area contributed by atoms with Crippen LogP contribution in [0.4, 0.5) is 11.4 Å². The molecule has 4 N–H and O–H groups in total. The van der Waals surface area contributed by atoms with E-state index in [2.05, 4.69) is 15.6 Å². The molecule has 1 aromatic heterocycles. The molecule has 2 aromatic rings. The number of anilines is 2. The van der Waals surface area contributed by atoms with Crippen LogP contribution in [0.3, 0.4) is 0 Å². The van der Waals surface area contributed by atoms with Crippen molar-refractivity contribution in [3.8, 4) is 0 Å². The number of carbonyl (C=O) groups excluding carboxylic acids is 1. The number of pyridine rings is 1. The second kappa shape index (κ2) is 4.69. The number of benzene rings is 1. The van der Waals surface area contributed by atoms with Crippen LogP contribution in [0.15, 0.2) is 30.6 Å². The van der Waals surface area contributed by atoms with Gasteiger partial charge in [-0.2, -0.15) is 0 Å².